The predicted molar refractivity (Wildman–Crippen MR) is 96.0 cm³/mol. The van der Waals surface area contributed by atoms with Gasteiger partial charge in [0.15, 0.2) is 5.82 Å². The third kappa shape index (κ3) is 4.07. The topological polar surface area (TPSA) is 60.2 Å². The second kappa shape index (κ2) is 7.78. The first-order valence-electron chi connectivity index (χ1n) is 8.99. The summed E-state index contributed by atoms with van der Waals surface area (Å²) >= 11 is 0. The summed E-state index contributed by atoms with van der Waals surface area (Å²) in [4.78, 5) is 19.1. The average molecular weight is 342 g/mol. The molecule has 1 saturated heterocycles. The highest BCUT2D eigenvalue weighted by Crippen LogP contribution is 2.17. The molecule has 0 radical (unpaired) electrons. The van der Waals surface area contributed by atoms with Gasteiger partial charge < -0.3 is 9.64 Å². The van der Waals surface area contributed by atoms with Crippen molar-refractivity contribution in [3.63, 3.8) is 0 Å². The van der Waals surface area contributed by atoms with Crippen molar-refractivity contribution < 1.29 is 9.53 Å². The maximum absolute atomic E-state index is 12.7. The minimum Gasteiger partial charge on any atom is -0.376 e. The number of carbonyl (C=O) groups is 1. The summed E-state index contributed by atoms with van der Waals surface area (Å²) in [5.74, 6) is 0.752. The van der Waals surface area contributed by atoms with E-state index in [0.29, 0.717) is 12.1 Å². The first-order chi connectivity index (χ1) is 12.1. The Hall–Kier alpha value is -2.21. The van der Waals surface area contributed by atoms with Crippen LogP contribution in [-0.2, 0) is 4.74 Å². The van der Waals surface area contributed by atoms with Crippen LogP contribution < -0.4 is 0 Å². The van der Waals surface area contributed by atoms with E-state index in [4.69, 9.17) is 4.74 Å². The number of ether oxygens (including phenoxy) is 1. The van der Waals surface area contributed by atoms with Crippen molar-refractivity contribution in [3.8, 4) is 5.82 Å². The number of amides is 1. The number of aryl methyl sites for hydroxylation is 2. The van der Waals surface area contributed by atoms with Crippen molar-refractivity contribution in [2.75, 3.05) is 19.7 Å². The first kappa shape index (κ1) is 17.6. The Balaban J connectivity index is 1.69. The van der Waals surface area contributed by atoms with Crippen LogP contribution in [0.2, 0.25) is 0 Å². The highest BCUT2D eigenvalue weighted by molar-refractivity contribution is 5.94. The smallest absolute Gasteiger partial charge is 0.255 e. The summed E-state index contributed by atoms with van der Waals surface area (Å²) in [6, 6.07) is 5.68. The maximum Gasteiger partial charge on any atom is 0.255 e. The third-order valence-corrected chi connectivity index (χ3v) is 4.44. The summed E-state index contributed by atoms with van der Waals surface area (Å²) in [5, 5.41) is 4.43. The largest absolute Gasteiger partial charge is 0.376 e. The molecule has 0 bridgehead atoms. The van der Waals surface area contributed by atoms with Crippen LogP contribution in [0.1, 0.15) is 47.9 Å². The number of hydrogen-bond donors (Lipinski definition) is 0. The lowest BCUT2D eigenvalue weighted by molar-refractivity contribution is 0.00210. The summed E-state index contributed by atoms with van der Waals surface area (Å²) in [7, 11) is 0. The number of likely N-dealkylation sites (tertiary alicyclic amines) is 1. The Bertz CT molecular complexity index is 724. The van der Waals surface area contributed by atoms with Crippen molar-refractivity contribution in [2.45, 2.75) is 46.1 Å². The van der Waals surface area contributed by atoms with Crippen molar-refractivity contribution >= 4 is 5.91 Å². The maximum atomic E-state index is 12.7. The van der Waals surface area contributed by atoms with Gasteiger partial charge in [0.2, 0.25) is 0 Å². The fourth-order valence-electron chi connectivity index (χ4n) is 3.22. The second-order valence-corrected chi connectivity index (χ2v) is 6.63. The molecule has 6 heteroatoms. The van der Waals surface area contributed by atoms with Gasteiger partial charge in [-0.1, -0.05) is 6.92 Å². The molecule has 134 valence electrons. The van der Waals surface area contributed by atoms with Crippen LogP contribution in [0.25, 0.3) is 5.82 Å². The number of nitrogens with zero attached hydrogens (tertiary/aromatic N) is 4. The van der Waals surface area contributed by atoms with E-state index in [0.717, 1.165) is 49.6 Å². The molecule has 1 atom stereocenters. The molecule has 0 saturated carbocycles. The fraction of sp³-hybridized carbons (Fsp3) is 0.526. The lowest BCUT2D eigenvalue weighted by atomic mass is 10.1. The molecular weight excluding hydrogens is 316 g/mol. The Morgan fingerprint density at radius 2 is 2.20 bits per heavy atom. The van der Waals surface area contributed by atoms with E-state index in [1.54, 1.807) is 10.9 Å². The van der Waals surface area contributed by atoms with Gasteiger partial charge in [-0.2, -0.15) is 5.10 Å². The zero-order valence-electron chi connectivity index (χ0n) is 15.2. The highest BCUT2D eigenvalue weighted by atomic mass is 16.5. The molecule has 3 rings (SSSR count). The number of rotatable bonds is 5. The van der Waals surface area contributed by atoms with E-state index >= 15 is 0 Å². The van der Waals surface area contributed by atoms with Crippen LogP contribution in [0.15, 0.2) is 24.4 Å². The van der Waals surface area contributed by atoms with Gasteiger partial charge >= 0.3 is 0 Å². The average Bonchev–Trinajstić information content (AvgIpc) is 2.98. The number of hydrogen-bond acceptors (Lipinski definition) is 4. The van der Waals surface area contributed by atoms with Crippen LogP contribution in [0.3, 0.4) is 0 Å². The normalized spacial score (nSPS) is 17.7. The summed E-state index contributed by atoms with van der Waals surface area (Å²) in [6.07, 6.45) is 4.81. The van der Waals surface area contributed by atoms with Crippen molar-refractivity contribution in [1.29, 1.82) is 0 Å². The Morgan fingerprint density at radius 1 is 1.36 bits per heavy atom. The monoisotopic (exact) mass is 342 g/mol. The molecule has 3 heterocycles. The van der Waals surface area contributed by atoms with Crippen molar-refractivity contribution in [2.24, 2.45) is 0 Å². The number of piperidine rings is 1. The molecule has 1 amide bonds. The van der Waals surface area contributed by atoms with Crippen molar-refractivity contribution in [3.05, 3.63) is 41.3 Å². The molecule has 0 unspecified atom stereocenters. The zero-order valence-corrected chi connectivity index (χ0v) is 15.2. The van der Waals surface area contributed by atoms with Gasteiger partial charge in [-0.15, -0.1) is 0 Å². The first-order valence-corrected chi connectivity index (χ1v) is 8.99. The van der Waals surface area contributed by atoms with Gasteiger partial charge in [0, 0.05) is 31.6 Å². The molecule has 0 aliphatic carbocycles. The summed E-state index contributed by atoms with van der Waals surface area (Å²) in [5.41, 5.74) is 2.59. The van der Waals surface area contributed by atoms with Crippen LogP contribution in [0.4, 0.5) is 0 Å². The summed E-state index contributed by atoms with van der Waals surface area (Å²) in [6.45, 7) is 8.25. The second-order valence-electron chi connectivity index (χ2n) is 6.63. The standard InChI is InChI=1S/C19H26N4O2/c1-4-10-25-17-6-5-9-22(13-17)19(24)16-7-8-18(20-12-16)23-15(3)11-14(2)21-23/h7-8,11-12,17H,4-6,9-10,13H2,1-3H3/t17-/m1/s1. The molecule has 25 heavy (non-hydrogen) atoms. The molecule has 1 aliphatic heterocycles. The fourth-order valence-corrected chi connectivity index (χ4v) is 3.22. The molecule has 2 aromatic heterocycles. The molecule has 1 aliphatic rings. The molecular formula is C19H26N4O2. The van der Waals surface area contributed by atoms with Gasteiger partial charge in [0.05, 0.1) is 17.4 Å². The number of carbonyl (C=O) groups excluding carboxylic acids is 1. The third-order valence-electron chi connectivity index (χ3n) is 4.44. The van der Waals surface area contributed by atoms with Crippen LogP contribution in [0, 0.1) is 13.8 Å². The lowest BCUT2D eigenvalue weighted by Gasteiger charge is -2.32. The van der Waals surface area contributed by atoms with E-state index in [-0.39, 0.29) is 12.0 Å². The zero-order chi connectivity index (χ0) is 17.8. The quantitative estimate of drug-likeness (QED) is 0.838. The van der Waals surface area contributed by atoms with Gasteiger partial charge in [-0.3, -0.25) is 4.79 Å². The van der Waals surface area contributed by atoms with Crippen LogP contribution in [0.5, 0.6) is 0 Å². The van der Waals surface area contributed by atoms with Gasteiger partial charge in [0.1, 0.15) is 0 Å². The molecule has 0 aromatic carbocycles. The van der Waals surface area contributed by atoms with E-state index in [2.05, 4.69) is 17.0 Å². The van der Waals surface area contributed by atoms with Gasteiger partial charge in [-0.05, 0) is 51.3 Å². The van der Waals surface area contributed by atoms with Gasteiger partial charge in [0.25, 0.3) is 5.91 Å². The van der Waals surface area contributed by atoms with E-state index in [9.17, 15) is 4.79 Å². The van der Waals surface area contributed by atoms with Crippen LogP contribution >= 0.6 is 0 Å². The van der Waals surface area contributed by atoms with Gasteiger partial charge in [-0.25, -0.2) is 9.67 Å². The molecule has 2 aromatic rings. The minimum atomic E-state index is 0.0252. The molecule has 0 spiro atoms. The van der Waals surface area contributed by atoms with E-state index in [1.807, 2.05) is 36.9 Å². The molecule has 6 nitrogen and oxygen atoms in total. The van der Waals surface area contributed by atoms with Crippen molar-refractivity contribution in [1.82, 2.24) is 19.7 Å². The van der Waals surface area contributed by atoms with E-state index in [1.165, 1.54) is 0 Å². The SMILES string of the molecule is CCCO[C@@H]1CCCN(C(=O)c2ccc(-n3nc(C)cc3C)nc2)C1. The lowest BCUT2D eigenvalue weighted by Crippen LogP contribution is -2.43. The molecule has 1 fully saturated rings. The highest BCUT2D eigenvalue weighted by Gasteiger charge is 2.25. The minimum absolute atomic E-state index is 0.0252. The Kier molecular flexibility index (Phi) is 5.48. The number of aromatic nitrogens is 3. The predicted octanol–water partition coefficient (Wildman–Crippen LogP) is 2.92. The molecule has 0 N–H and O–H groups in total. The Morgan fingerprint density at radius 3 is 2.84 bits per heavy atom. The number of pyridine rings is 1. The Labute approximate surface area is 148 Å². The van der Waals surface area contributed by atoms with E-state index < -0.39 is 0 Å². The summed E-state index contributed by atoms with van der Waals surface area (Å²) < 4.78 is 7.61. The van der Waals surface area contributed by atoms with Crippen LogP contribution in [-0.4, -0.2) is 51.4 Å².